The number of aryl methyl sites for hydroxylation is 1. The summed E-state index contributed by atoms with van der Waals surface area (Å²) in [6.07, 6.45) is 1.47. The molecule has 1 aromatic carbocycles. The maximum atomic E-state index is 10.0. The summed E-state index contributed by atoms with van der Waals surface area (Å²) < 4.78 is 9.81. The molecule has 0 bridgehead atoms. The van der Waals surface area contributed by atoms with Crippen molar-refractivity contribution in [2.75, 3.05) is 12.8 Å². The molecular formula is C11H12N2O3. The number of phenols is 1. The summed E-state index contributed by atoms with van der Waals surface area (Å²) in [6, 6.07) is 3.53. The highest BCUT2D eigenvalue weighted by molar-refractivity contribution is 5.81. The van der Waals surface area contributed by atoms with Gasteiger partial charge >= 0.3 is 0 Å². The molecule has 0 spiro atoms. The topological polar surface area (TPSA) is 81.5 Å². The van der Waals surface area contributed by atoms with Crippen molar-refractivity contribution in [1.82, 2.24) is 5.16 Å². The molecule has 84 valence electrons. The average Bonchev–Trinajstić information content (AvgIpc) is 2.66. The standard InChI is InChI=1S/C11H12N2O3/c1-6-3-4-8(15-2)10(14)9(6)7-5-13-16-11(7)12/h3-5,14H,12H2,1-2H3. The number of hydrogen-bond donors (Lipinski definition) is 2. The predicted molar refractivity (Wildman–Crippen MR) is 59.3 cm³/mol. The quantitative estimate of drug-likeness (QED) is 0.808. The second-order valence-corrected chi connectivity index (χ2v) is 3.41. The monoisotopic (exact) mass is 220 g/mol. The summed E-state index contributed by atoms with van der Waals surface area (Å²) in [5.74, 6) is 0.602. The second kappa shape index (κ2) is 3.77. The molecule has 3 N–H and O–H groups in total. The molecule has 1 heterocycles. The number of phenolic OH excluding ortho intramolecular Hbond substituents is 1. The van der Waals surface area contributed by atoms with Crippen LogP contribution in [-0.4, -0.2) is 17.4 Å². The minimum absolute atomic E-state index is 0.0393. The van der Waals surface area contributed by atoms with Gasteiger partial charge in [0, 0.05) is 5.56 Å². The summed E-state index contributed by atoms with van der Waals surface area (Å²) in [4.78, 5) is 0. The van der Waals surface area contributed by atoms with Crippen molar-refractivity contribution in [1.29, 1.82) is 0 Å². The predicted octanol–water partition coefficient (Wildman–Crippen LogP) is 1.95. The van der Waals surface area contributed by atoms with Gasteiger partial charge in [-0.3, -0.25) is 0 Å². The normalized spacial score (nSPS) is 10.4. The van der Waals surface area contributed by atoms with Gasteiger partial charge in [0.05, 0.1) is 18.9 Å². The zero-order chi connectivity index (χ0) is 11.7. The van der Waals surface area contributed by atoms with Crippen LogP contribution in [0.2, 0.25) is 0 Å². The van der Waals surface area contributed by atoms with Crippen molar-refractivity contribution >= 4 is 5.88 Å². The van der Waals surface area contributed by atoms with E-state index in [4.69, 9.17) is 15.0 Å². The number of aromatic hydroxyl groups is 1. The fourth-order valence-corrected chi connectivity index (χ4v) is 1.61. The number of hydrogen-bond acceptors (Lipinski definition) is 5. The third-order valence-electron chi connectivity index (χ3n) is 2.44. The molecule has 0 aliphatic rings. The number of nitrogens with two attached hydrogens (primary N) is 1. The Morgan fingerprint density at radius 1 is 1.44 bits per heavy atom. The molecule has 0 atom stereocenters. The molecule has 0 aliphatic heterocycles. The van der Waals surface area contributed by atoms with Crippen LogP contribution >= 0.6 is 0 Å². The van der Waals surface area contributed by atoms with Crippen LogP contribution < -0.4 is 10.5 Å². The molecule has 2 rings (SSSR count). The van der Waals surface area contributed by atoms with Gasteiger partial charge in [-0.15, -0.1) is 0 Å². The summed E-state index contributed by atoms with van der Waals surface area (Å²) >= 11 is 0. The molecule has 2 aromatic rings. The number of nitrogens with zero attached hydrogens (tertiary/aromatic N) is 1. The van der Waals surface area contributed by atoms with Gasteiger partial charge in [-0.05, 0) is 18.6 Å². The largest absolute Gasteiger partial charge is 0.504 e. The fourth-order valence-electron chi connectivity index (χ4n) is 1.61. The van der Waals surface area contributed by atoms with E-state index in [1.165, 1.54) is 13.3 Å². The highest BCUT2D eigenvalue weighted by Gasteiger charge is 2.17. The minimum Gasteiger partial charge on any atom is -0.504 e. The third kappa shape index (κ3) is 1.46. The Bertz CT molecular complexity index is 520. The molecular weight excluding hydrogens is 208 g/mol. The van der Waals surface area contributed by atoms with Crippen molar-refractivity contribution in [3.8, 4) is 22.6 Å². The van der Waals surface area contributed by atoms with Crippen LogP contribution in [-0.2, 0) is 0 Å². The van der Waals surface area contributed by atoms with Crippen LogP contribution in [0.4, 0.5) is 5.88 Å². The van der Waals surface area contributed by atoms with Crippen molar-refractivity contribution in [3.63, 3.8) is 0 Å². The zero-order valence-electron chi connectivity index (χ0n) is 9.02. The number of methoxy groups -OCH3 is 1. The van der Waals surface area contributed by atoms with Gasteiger partial charge in [-0.1, -0.05) is 11.2 Å². The van der Waals surface area contributed by atoms with Crippen LogP contribution in [0.15, 0.2) is 22.9 Å². The Kier molecular flexibility index (Phi) is 2.44. The lowest BCUT2D eigenvalue weighted by Crippen LogP contribution is -1.91. The summed E-state index contributed by atoms with van der Waals surface area (Å²) in [5, 5.41) is 13.6. The first kappa shape index (κ1) is 10.4. The molecule has 5 heteroatoms. The highest BCUT2D eigenvalue weighted by atomic mass is 16.5. The number of rotatable bonds is 2. The minimum atomic E-state index is 0.0393. The lowest BCUT2D eigenvalue weighted by atomic mass is 10.0. The van der Waals surface area contributed by atoms with E-state index >= 15 is 0 Å². The molecule has 0 saturated carbocycles. The first-order chi connectivity index (χ1) is 7.65. The van der Waals surface area contributed by atoms with Gasteiger partial charge in [0.2, 0.25) is 5.88 Å². The maximum Gasteiger partial charge on any atom is 0.230 e. The molecule has 0 saturated heterocycles. The molecule has 0 aliphatic carbocycles. The molecule has 0 fully saturated rings. The Morgan fingerprint density at radius 3 is 2.75 bits per heavy atom. The van der Waals surface area contributed by atoms with E-state index in [1.807, 2.05) is 13.0 Å². The molecule has 16 heavy (non-hydrogen) atoms. The van der Waals surface area contributed by atoms with Crippen LogP contribution in [0, 0.1) is 6.92 Å². The average molecular weight is 220 g/mol. The lowest BCUT2D eigenvalue weighted by molar-refractivity contribution is 0.374. The van der Waals surface area contributed by atoms with Crippen LogP contribution in [0.1, 0.15) is 5.56 Å². The number of aromatic nitrogens is 1. The smallest absolute Gasteiger partial charge is 0.230 e. The number of anilines is 1. The Balaban J connectivity index is 2.69. The van der Waals surface area contributed by atoms with Crippen LogP contribution in [0.25, 0.3) is 11.1 Å². The SMILES string of the molecule is COc1ccc(C)c(-c2cnoc2N)c1O. The molecule has 0 radical (unpaired) electrons. The van der Waals surface area contributed by atoms with Gasteiger partial charge in [-0.25, -0.2) is 0 Å². The van der Waals surface area contributed by atoms with E-state index < -0.39 is 0 Å². The number of benzene rings is 1. The van der Waals surface area contributed by atoms with Crippen molar-refractivity contribution in [2.24, 2.45) is 0 Å². The lowest BCUT2D eigenvalue weighted by Gasteiger charge is -2.10. The fraction of sp³-hybridized carbons (Fsp3) is 0.182. The number of nitrogen functional groups attached to an aromatic ring is 1. The highest BCUT2D eigenvalue weighted by Crippen LogP contribution is 2.41. The van der Waals surface area contributed by atoms with Gasteiger partial charge in [-0.2, -0.15) is 0 Å². The van der Waals surface area contributed by atoms with Gasteiger partial charge < -0.3 is 20.1 Å². The third-order valence-corrected chi connectivity index (χ3v) is 2.44. The first-order valence-corrected chi connectivity index (χ1v) is 4.72. The van der Waals surface area contributed by atoms with E-state index in [0.29, 0.717) is 16.9 Å². The summed E-state index contributed by atoms with van der Waals surface area (Å²) in [5.41, 5.74) is 7.63. The second-order valence-electron chi connectivity index (χ2n) is 3.41. The zero-order valence-corrected chi connectivity index (χ0v) is 9.02. The summed E-state index contributed by atoms with van der Waals surface area (Å²) in [6.45, 7) is 1.86. The first-order valence-electron chi connectivity index (χ1n) is 4.72. The van der Waals surface area contributed by atoms with Crippen LogP contribution in [0.3, 0.4) is 0 Å². The van der Waals surface area contributed by atoms with Gasteiger partial charge in [0.1, 0.15) is 0 Å². The summed E-state index contributed by atoms with van der Waals surface area (Å²) in [7, 11) is 1.49. The Morgan fingerprint density at radius 2 is 2.19 bits per heavy atom. The van der Waals surface area contributed by atoms with Crippen molar-refractivity contribution in [3.05, 3.63) is 23.9 Å². The molecule has 1 aromatic heterocycles. The Hall–Kier alpha value is -2.17. The maximum absolute atomic E-state index is 10.0. The molecule has 5 nitrogen and oxygen atoms in total. The van der Waals surface area contributed by atoms with E-state index in [2.05, 4.69) is 5.16 Å². The van der Waals surface area contributed by atoms with Crippen molar-refractivity contribution < 1.29 is 14.4 Å². The van der Waals surface area contributed by atoms with Crippen molar-refractivity contribution in [2.45, 2.75) is 6.92 Å². The van der Waals surface area contributed by atoms with Gasteiger partial charge in [0.25, 0.3) is 0 Å². The molecule has 0 unspecified atom stereocenters. The molecule has 0 amide bonds. The van der Waals surface area contributed by atoms with Crippen LogP contribution in [0.5, 0.6) is 11.5 Å². The van der Waals surface area contributed by atoms with E-state index in [9.17, 15) is 5.11 Å². The van der Waals surface area contributed by atoms with E-state index in [0.717, 1.165) is 5.56 Å². The Labute approximate surface area is 92.4 Å². The van der Waals surface area contributed by atoms with Gasteiger partial charge in [0.15, 0.2) is 11.5 Å². The number of ether oxygens (including phenoxy) is 1. The van der Waals surface area contributed by atoms with E-state index in [-0.39, 0.29) is 11.6 Å². The van der Waals surface area contributed by atoms with E-state index in [1.54, 1.807) is 6.07 Å².